The number of benzene rings is 1. The Balaban J connectivity index is 2.29. The van der Waals surface area contributed by atoms with Gasteiger partial charge in [0.2, 0.25) is 5.92 Å². The van der Waals surface area contributed by atoms with E-state index in [0.717, 1.165) is 6.07 Å². The van der Waals surface area contributed by atoms with Crippen LogP contribution < -0.4 is 0 Å². The molecule has 0 aliphatic heterocycles. The summed E-state index contributed by atoms with van der Waals surface area (Å²) >= 11 is 0. The van der Waals surface area contributed by atoms with Gasteiger partial charge in [-0.05, 0) is 11.6 Å². The summed E-state index contributed by atoms with van der Waals surface area (Å²) in [5.74, 6) is -2.66. The van der Waals surface area contributed by atoms with Crippen molar-refractivity contribution in [2.75, 3.05) is 0 Å². The summed E-state index contributed by atoms with van der Waals surface area (Å²) in [6.07, 6.45) is -5.63. The Kier molecular flexibility index (Phi) is 2.44. The van der Waals surface area contributed by atoms with Gasteiger partial charge < -0.3 is 0 Å². The van der Waals surface area contributed by atoms with E-state index in [2.05, 4.69) is 0 Å². The lowest BCUT2D eigenvalue weighted by Crippen LogP contribution is -2.35. The van der Waals surface area contributed by atoms with Crippen molar-refractivity contribution in [2.24, 2.45) is 0 Å². The topological polar surface area (TPSA) is 0 Å². The van der Waals surface area contributed by atoms with E-state index >= 15 is 0 Å². The highest BCUT2D eigenvalue weighted by Gasteiger charge is 2.48. The van der Waals surface area contributed by atoms with Crippen LogP contribution in [0.5, 0.6) is 0 Å². The summed E-state index contributed by atoms with van der Waals surface area (Å²) < 4.78 is 62.9. The SMILES string of the molecule is FC1(F)C[C](c2ccccc2C(F)(F)F)C1. The molecule has 0 unspecified atom stereocenters. The minimum atomic E-state index is -4.49. The molecule has 0 N–H and O–H groups in total. The van der Waals surface area contributed by atoms with Crippen LogP contribution in [0.1, 0.15) is 24.0 Å². The van der Waals surface area contributed by atoms with Gasteiger partial charge in [-0.1, -0.05) is 18.2 Å². The van der Waals surface area contributed by atoms with Crippen LogP contribution in [0.3, 0.4) is 0 Å². The van der Waals surface area contributed by atoms with Gasteiger partial charge in [-0.25, -0.2) is 8.78 Å². The molecule has 1 aromatic rings. The predicted octanol–water partition coefficient (Wildman–Crippen LogP) is 4.06. The summed E-state index contributed by atoms with van der Waals surface area (Å²) in [6.45, 7) is 0. The van der Waals surface area contributed by atoms with Gasteiger partial charge in [-0.2, -0.15) is 13.2 Å². The van der Waals surface area contributed by atoms with Crippen molar-refractivity contribution < 1.29 is 22.0 Å². The average Bonchev–Trinajstić information content (AvgIpc) is 2.12. The van der Waals surface area contributed by atoms with Crippen molar-refractivity contribution in [1.82, 2.24) is 0 Å². The predicted molar refractivity (Wildman–Crippen MR) is 48.0 cm³/mol. The molecule has 1 aliphatic carbocycles. The Morgan fingerprint density at radius 3 is 2.06 bits per heavy atom. The second-order valence-corrected chi connectivity index (χ2v) is 3.86. The van der Waals surface area contributed by atoms with Gasteiger partial charge in [-0.15, -0.1) is 0 Å². The standard InChI is InChI=1S/C11H8F5/c12-10(13)5-7(6-10)8-3-1-2-4-9(8)11(14,15)16/h1-4H,5-6H2. The molecule has 0 saturated heterocycles. The lowest BCUT2D eigenvalue weighted by Gasteiger charge is -2.35. The first-order valence-corrected chi connectivity index (χ1v) is 4.69. The zero-order valence-electron chi connectivity index (χ0n) is 8.11. The Morgan fingerprint density at radius 2 is 1.56 bits per heavy atom. The van der Waals surface area contributed by atoms with Crippen LogP contribution in [-0.4, -0.2) is 5.92 Å². The van der Waals surface area contributed by atoms with E-state index < -0.39 is 30.5 Å². The van der Waals surface area contributed by atoms with E-state index in [1.54, 1.807) is 0 Å². The molecular weight excluding hydrogens is 227 g/mol. The Labute approximate surface area is 89.1 Å². The van der Waals surface area contributed by atoms with Crippen LogP contribution in [0.25, 0.3) is 0 Å². The van der Waals surface area contributed by atoms with Crippen molar-refractivity contribution >= 4 is 0 Å². The summed E-state index contributed by atoms with van der Waals surface area (Å²) in [7, 11) is 0. The van der Waals surface area contributed by atoms with Crippen molar-refractivity contribution in [3.63, 3.8) is 0 Å². The fourth-order valence-corrected chi connectivity index (χ4v) is 1.80. The molecule has 0 atom stereocenters. The fourth-order valence-electron chi connectivity index (χ4n) is 1.80. The molecule has 0 aromatic heterocycles. The van der Waals surface area contributed by atoms with E-state index in [-0.39, 0.29) is 11.5 Å². The third-order valence-corrected chi connectivity index (χ3v) is 2.56. The number of alkyl halides is 5. The molecule has 1 radical (unpaired) electrons. The highest BCUT2D eigenvalue weighted by atomic mass is 19.4. The third kappa shape index (κ3) is 2.03. The molecule has 87 valence electrons. The highest BCUT2D eigenvalue weighted by Crippen LogP contribution is 2.50. The molecule has 0 nitrogen and oxygen atoms in total. The Bertz CT molecular complexity index is 386. The van der Waals surface area contributed by atoms with Crippen LogP contribution in [-0.2, 0) is 6.18 Å². The number of halogens is 5. The number of rotatable bonds is 1. The zero-order chi connectivity index (χ0) is 12.0. The first kappa shape index (κ1) is 11.4. The van der Waals surface area contributed by atoms with Crippen molar-refractivity contribution in [1.29, 1.82) is 0 Å². The van der Waals surface area contributed by atoms with Gasteiger partial charge in [0.15, 0.2) is 0 Å². The second kappa shape index (κ2) is 3.43. The molecule has 1 aliphatic rings. The lowest BCUT2D eigenvalue weighted by atomic mass is 9.75. The first-order chi connectivity index (χ1) is 7.30. The molecule has 0 bridgehead atoms. The van der Waals surface area contributed by atoms with Gasteiger partial charge in [0.05, 0.1) is 5.56 Å². The largest absolute Gasteiger partial charge is 0.416 e. The molecule has 2 rings (SSSR count). The highest BCUT2D eigenvalue weighted by molar-refractivity contribution is 5.43. The maximum atomic E-state index is 12.6. The van der Waals surface area contributed by atoms with Gasteiger partial charge >= 0.3 is 6.18 Å². The summed E-state index contributed by atoms with van der Waals surface area (Å²) in [4.78, 5) is 0. The molecule has 16 heavy (non-hydrogen) atoms. The lowest BCUT2D eigenvalue weighted by molar-refractivity contribution is -0.138. The first-order valence-electron chi connectivity index (χ1n) is 4.69. The summed E-state index contributed by atoms with van der Waals surface area (Å²) in [6, 6.07) is 4.84. The van der Waals surface area contributed by atoms with Gasteiger partial charge in [0.1, 0.15) is 0 Å². The van der Waals surface area contributed by atoms with Gasteiger partial charge in [-0.3, -0.25) is 0 Å². The van der Waals surface area contributed by atoms with Crippen LogP contribution in [0.2, 0.25) is 0 Å². The molecule has 0 heterocycles. The minimum Gasteiger partial charge on any atom is -0.207 e. The van der Waals surface area contributed by atoms with Crippen LogP contribution >= 0.6 is 0 Å². The Morgan fingerprint density at radius 1 is 1.00 bits per heavy atom. The zero-order valence-corrected chi connectivity index (χ0v) is 8.11. The van der Waals surface area contributed by atoms with Crippen molar-refractivity contribution in [2.45, 2.75) is 24.9 Å². The van der Waals surface area contributed by atoms with E-state index in [9.17, 15) is 22.0 Å². The Hall–Kier alpha value is -1.13. The molecule has 5 heteroatoms. The normalized spacial score (nSPS) is 20.6. The minimum absolute atomic E-state index is 0.0964. The number of hydrogen-bond acceptors (Lipinski definition) is 0. The van der Waals surface area contributed by atoms with Crippen LogP contribution in [0.4, 0.5) is 22.0 Å². The maximum Gasteiger partial charge on any atom is 0.416 e. The van der Waals surface area contributed by atoms with Gasteiger partial charge in [0, 0.05) is 18.8 Å². The summed E-state index contributed by atoms with van der Waals surface area (Å²) in [5, 5.41) is 0. The molecule has 1 fully saturated rings. The second-order valence-electron chi connectivity index (χ2n) is 3.86. The smallest absolute Gasteiger partial charge is 0.207 e. The van der Waals surface area contributed by atoms with E-state index in [0.29, 0.717) is 0 Å². The molecule has 1 saturated carbocycles. The van der Waals surface area contributed by atoms with Crippen LogP contribution in [0, 0.1) is 5.92 Å². The fraction of sp³-hybridized carbons (Fsp3) is 0.364. The number of hydrogen-bond donors (Lipinski definition) is 0. The van der Waals surface area contributed by atoms with Crippen molar-refractivity contribution in [3.05, 3.63) is 41.3 Å². The third-order valence-electron chi connectivity index (χ3n) is 2.56. The van der Waals surface area contributed by atoms with Gasteiger partial charge in [0.25, 0.3) is 0 Å². The van der Waals surface area contributed by atoms with E-state index in [1.807, 2.05) is 0 Å². The molecule has 0 spiro atoms. The summed E-state index contributed by atoms with van der Waals surface area (Å²) in [5.41, 5.74) is -0.929. The van der Waals surface area contributed by atoms with Crippen LogP contribution in [0.15, 0.2) is 24.3 Å². The quantitative estimate of drug-likeness (QED) is 0.644. The van der Waals surface area contributed by atoms with Crippen molar-refractivity contribution in [3.8, 4) is 0 Å². The monoisotopic (exact) mass is 235 g/mol. The van der Waals surface area contributed by atoms with E-state index in [1.165, 1.54) is 18.2 Å². The molecule has 1 aromatic carbocycles. The molecular formula is C11H8F5. The molecule has 0 amide bonds. The van der Waals surface area contributed by atoms with E-state index in [4.69, 9.17) is 0 Å². The average molecular weight is 235 g/mol. The maximum absolute atomic E-state index is 12.6.